The zero-order chi connectivity index (χ0) is 15.6. The molecule has 1 fully saturated rings. The Kier molecular flexibility index (Phi) is 4.80. The lowest BCUT2D eigenvalue weighted by molar-refractivity contribution is -0.384. The number of amides is 1. The molecule has 6 nitrogen and oxygen atoms in total. The van der Waals surface area contributed by atoms with Crippen LogP contribution in [0.25, 0.3) is 0 Å². The molecular weight excluding hydrogens is 296 g/mol. The zero-order valence-corrected chi connectivity index (χ0v) is 12.7. The molecule has 1 heterocycles. The largest absolute Gasteiger partial charge is 0.370 e. The van der Waals surface area contributed by atoms with Crippen LogP contribution in [-0.2, 0) is 4.74 Å². The van der Waals surface area contributed by atoms with E-state index >= 15 is 0 Å². The number of hydrogen-bond donors (Lipinski definition) is 0. The van der Waals surface area contributed by atoms with Crippen molar-refractivity contribution >= 4 is 23.2 Å². The summed E-state index contributed by atoms with van der Waals surface area (Å²) < 4.78 is 5.62. The number of morpholine rings is 1. The molecule has 1 aliphatic heterocycles. The number of carbonyl (C=O) groups is 1. The summed E-state index contributed by atoms with van der Waals surface area (Å²) in [5.41, 5.74) is 1.05. The first kappa shape index (κ1) is 15.7. The molecule has 0 saturated carbocycles. The molecule has 1 saturated heterocycles. The maximum atomic E-state index is 12.6. The molecule has 0 N–H and O–H groups in total. The molecule has 1 aliphatic rings. The Morgan fingerprint density at radius 2 is 2.24 bits per heavy atom. The van der Waals surface area contributed by atoms with Gasteiger partial charge in [-0.3, -0.25) is 14.9 Å². The molecule has 0 bridgehead atoms. The molecule has 2 atom stereocenters. The van der Waals surface area contributed by atoms with E-state index < -0.39 is 4.92 Å². The van der Waals surface area contributed by atoms with Gasteiger partial charge in [0.05, 0.1) is 23.0 Å². The average molecular weight is 313 g/mol. The molecule has 114 valence electrons. The molecule has 7 heteroatoms. The molecule has 1 aromatic rings. The van der Waals surface area contributed by atoms with Crippen LogP contribution in [0.5, 0.6) is 0 Å². The van der Waals surface area contributed by atoms with Gasteiger partial charge >= 0.3 is 0 Å². The third kappa shape index (κ3) is 3.51. The van der Waals surface area contributed by atoms with E-state index in [9.17, 15) is 14.9 Å². The van der Waals surface area contributed by atoms with Crippen molar-refractivity contribution in [3.8, 4) is 0 Å². The average Bonchev–Trinajstić information content (AvgIpc) is 2.45. The second kappa shape index (κ2) is 6.41. The van der Waals surface area contributed by atoms with Crippen molar-refractivity contribution < 1.29 is 14.5 Å². The van der Waals surface area contributed by atoms with Gasteiger partial charge in [0, 0.05) is 30.8 Å². The summed E-state index contributed by atoms with van der Waals surface area (Å²) in [6.07, 6.45) is -0.262. The van der Waals surface area contributed by atoms with Gasteiger partial charge in [0.2, 0.25) is 0 Å². The Hall–Kier alpha value is -1.66. The molecule has 21 heavy (non-hydrogen) atoms. The zero-order valence-electron chi connectivity index (χ0n) is 11.9. The van der Waals surface area contributed by atoms with E-state index in [-0.39, 0.29) is 23.8 Å². The fourth-order valence-corrected chi connectivity index (χ4v) is 2.64. The molecular formula is C14H17ClN2O4. The van der Waals surface area contributed by atoms with E-state index in [0.717, 1.165) is 0 Å². The first-order valence-electron chi connectivity index (χ1n) is 6.68. The van der Waals surface area contributed by atoms with Crippen molar-refractivity contribution in [3.05, 3.63) is 39.4 Å². The van der Waals surface area contributed by atoms with Gasteiger partial charge in [-0.2, -0.15) is 0 Å². The number of carbonyl (C=O) groups excluding carboxylic acids is 1. The summed E-state index contributed by atoms with van der Waals surface area (Å²) in [7, 11) is 0. The summed E-state index contributed by atoms with van der Waals surface area (Å²) in [6.45, 7) is 4.51. The number of ether oxygens (including phenoxy) is 1. The van der Waals surface area contributed by atoms with Gasteiger partial charge < -0.3 is 9.64 Å². The van der Waals surface area contributed by atoms with Gasteiger partial charge in [0.25, 0.3) is 11.6 Å². The second-order valence-electron chi connectivity index (χ2n) is 5.19. The maximum Gasteiger partial charge on any atom is 0.269 e. The van der Waals surface area contributed by atoms with Crippen LogP contribution >= 0.6 is 11.6 Å². The van der Waals surface area contributed by atoms with Gasteiger partial charge in [0.1, 0.15) is 0 Å². The number of nitro groups is 1. The quantitative estimate of drug-likeness (QED) is 0.488. The number of nitrogens with zero attached hydrogens (tertiary/aromatic N) is 2. The first-order chi connectivity index (χ1) is 9.92. The molecule has 1 aromatic carbocycles. The Labute approximate surface area is 127 Å². The first-order valence-corrected chi connectivity index (χ1v) is 7.21. The summed E-state index contributed by atoms with van der Waals surface area (Å²) in [5.74, 6) is 0.181. The Morgan fingerprint density at radius 1 is 1.52 bits per heavy atom. The van der Waals surface area contributed by atoms with E-state index in [2.05, 4.69) is 0 Å². The number of aryl methyl sites for hydroxylation is 1. The summed E-state index contributed by atoms with van der Waals surface area (Å²) >= 11 is 5.81. The van der Waals surface area contributed by atoms with Crippen LogP contribution in [-0.4, -0.2) is 46.9 Å². The fraction of sp³-hybridized carbons (Fsp3) is 0.500. The highest BCUT2D eigenvalue weighted by Crippen LogP contribution is 2.21. The number of nitro benzene ring substituents is 1. The number of non-ortho nitro benzene ring substituents is 1. The normalized spacial score (nSPS) is 22.1. The van der Waals surface area contributed by atoms with Crippen LogP contribution in [0.3, 0.4) is 0 Å². The van der Waals surface area contributed by atoms with Crippen LogP contribution in [0.15, 0.2) is 18.2 Å². The van der Waals surface area contributed by atoms with Crippen molar-refractivity contribution in [2.75, 3.05) is 19.0 Å². The number of rotatable bonds is 3. The molecule has 1 amide bonds. The van der Waals surface area contributed by atoms with Crippen LogP contribution in [0.4, 0.5) is 5.69 Å². The van der Waals surface area contributed by atoms with E-state index in [0.29, 0.717) is 30.1 Å². The van der Waals surface area contributed by atoms with E-state index in [1.54, 1.807) is 11.8 Å². The van der Waals surface area contributed by atoms with Crippen LogP contribution in [0.2, 0.25) is 0 Å². The molecule has 2 rings (SSSR count). The minimum Gasteiger partial charge on any atom is -0.370 e. The standard InChI is InChI=1S/C14H17ClN2O4/c1-9-5-11(17(19)20)3-4-13(9)14(18)16-7-10(2)21-12(6-15)8-16/h3-5,10,12H,6-8H2,1-2H3. The van der Waals surface area contributed by atoms with Crippen molar-refractivity contribution in [1.82, 2.24) is 4.90 Å². The third-order valence-electron chi connectivity index (χ3n) is 3.44. The van der Waals surface area contributed by atoms with Crippen molar-refractivity contribution in [2.45, 2.75) is 26.1 Å². The van der Waals surface area contributed by atoms with Gasteiger partial charge in [-0.1, -0.05) is 0 Å². The van der Waals surface area contributed by atoms with Crippen molar-refractivity contribution in [3.63, 3.8) is 0 Å². The third-order valence-corrected chi connectivity index (χ3v) is 3.78. The smallest absolute Gasteiger partial charge is 0.269 e. The lowest BCUT2D eigenvalue weighted by Gasteiger charge is -2.36. The Morgan fingerprint density at radius 3 is 2.81 bits per heavy atom. The molecule has 2 unspecified atom stereocenters. The minimum atomic E-state index is -0.471. The van der Waals surface area contributed by atoms with Gasteiger partial charge in [-0.05, 0) is 25.5 Å². The number of hydrogen-bond acceptors (Lipinski definition) is 4. The number of halogens is 1. The predicted octanol–water partition coefficient (Wildman–Crippen LogP) is 2.37. The van der Waals surface area contributed by atoms with E-state index in [4.69, 9.17) is 16.3 Å². The van der Waals surface area contributed by atoms with Gasteiger partial charge in [-0.15, -0.1) is 11.6 Å². The number of alkyl halides is 1. The highest BCUT2D eigenvalue weighted by molar-refractivity contribution is 6.18. The molecule has 0 spiro atoms. The molecule has 0 aliphatic carbocycles. The summed E-state index contributed by atoms with van der Waals surface area (Å²) in [5, 5.41) is 10.7. The Balaban J connectivity index is 2.21. The van der Waals surface area contributed by atoms with Crippen LogP contribution in [0.1, 0.15) is 22.8 Å². The second-order valence-corrected chi connectivity index (χ2v) is 5.50. The van der Waals surface area contributed by atoms with Crippen LogP contribution in [0, 0.1) is 17.0 Å². The summed E-state index contributed by atoms with van der Waals surface area (Å²) in [6, 6.07) is 4.27. The lowest BCUT2D eigenvalue weighted by Crippen LogP contribution is -2.49. The number of benzene rings is 1. The SMILES string of the molecule is Cc1cc([N+](=O)[O-])ccc1C(=O)N1CC(C)OC(CCl)C1. The van der Waals surface area contributed by atoms with Crippen LogP contribution < -0.4 is 0 Å². The monoisotopic (exact) mass is 312 g/mol. The highest BCUT2D eigenvalue weighted by Gasteiger charge is 2.29. The van der Waals surface area contributed by atoms with Crippen molar-refractivity contribution in [1.29, 1.82) is 0 Å². The molecule has 0 radical (unpaired) electrons. The van der Waals surface area contributed by atoms with Crippen molar-refractivity contribution in [2.24, 2.45) is 0 Å². The fourth-order valence-electron chi connectivity index (χ4n) is 2.47. The lowest BCUT2D eigenvalue weighted by atomic mass is 10.1. The topological polar surface area (TPSA) is 72.7 Å². The van der Waals surface area contributed by atoms with Gasteiger partial charge in [-0.25, -0.2) is 0 Å². The predicted molar refractivity (Wildman–Crippen MR) is 78.8 cm³/mol. The summed E-state index contributed by atoms with van der Waals surface area (Å²) in [4.78, 5) is 24.5. The molecule has 0 aromatic heterocycles. The highest BCUT2D eigenvalue weighted by atomic mass is 35.5. The van der Waals surface area contributed by atoms with Gasteiger partial charge in [0.15, 0.2) is 0 Å². The minimum absolute atomic E-state index is 0.0157. The maximum absolute atomic E-state index is 12.6. The Bertz CT molecular complexity index is 564. The van der Waals surface area contributed by atoms with E-state index in [1.807, 2.05) is 6.92 Å². The van der Waals surface area contributed by atoms with E-state index in [1.165, 1.54) is 18.2 Å².